The number of benzene rings is 1. The SMILES string of the molecule is COc1cc(F)c(OC2CCC(C)(C(=O)[O-])CC2)cc1C(=O)Nc1nn2cccnc2c1C(=O)NCC1(C)CCC1. The molecule has 2 aliphatic rings. The molecule has 2 aliphatic carbocycles. The van der Waals surface area contributed by atoms with Gasteiger partial charge in [0.25, 0.3) is 11.8 Å². The summed E-state index contributed by atoms with van der Waals surface area (Å²) in [5.74, 6) is -3.16. The third-order valence-corrected chi connectivity index (χ3v) is 8.41. The van der Waals surface area contributed by atoms with Crippen molar-refractivity contribution in [2.24, 2.45) is 10.8 Å². The minimum absolute atomic E-state index is 0.00680. The molecular weight excluding hydrogens is 533 g/mol. The number of rotatable bonds is 9. The molecule has 2 heterocycles. The Bertz CT molecular complexity index is 1490. The number of anilines is 1. The lowest BCUT2D eigenvalue weighted by molar-refractivity contribution is -0.320. The second-order valence-corrected chi connectivity index (χ2v) is 11.6. The van der Waals surface area contributed by atoms with Crippen LogP contribution >= 0.6 is 0 Å². The van der Waals surface area contributed by atoms with E-state index in [0.29, 0.717) is 32.2 Å². The number of carbonyl (C=O) groups excluding carboxylic acids is 3. The molecule has 1 aromatic carbocycles. The van der Waals surface area contributed by atoms with Crippen molar-refractivity contribution in [2.45, 2.75) is 64.9 Å². The van der Waals surface area contributed by atoms with Crippen molar-refractivity contribution in [3.63, 3.8) is 0 Å². The lowest BCUT2D eigenvalue weighted by atomic mass is 9.70. The Morgan fingerprint density at radius 1 is 1.12 bits per heavy atom. The van der Waals surface area contributed by atoms with Gasteiger partial charge in [-0.15, -0.1) is 5.10 Å². The van der Waals surface area contributed by atoms with E-state index in [0.717, 1.165) is 25.3 Å². The van der Waals surface area contributed by atoms with Crippen molar-refractivity contribution in [3.8, 4) is 11.5 Å². The van der Waals surface area contributed by atoms with E-state index < -0.39 is 35.1 Å². The van der Waals surface area contributed by atoms with Crippen molar-refractivity contribution in [1.82, 2.24) is 19.9 Å². The molecule has 3 aromatic rings. The highest BCUT2D eigenvalue weighted by atomic mass is 19.1. The van der Waals surface area contributed by atoms with Crippen LogP contribution in [0.4, 0.5) is 10.2 Å². The number of hydrogen-bond donors (Lipinski definition) is 2. The van der Waals surface area contributed by atoms with Gasteiger partial charge >= 0.3 is 0 Å². The van der Waals surface area contributed by atoms with Crippen LogP contribution in [0.1, 0.15) is 79.5 Å². The van der Waals surface area contributed by atoms with Crippen LogP contribution in [-0.4, -0.2) is 52.1 Å². The zero-order valence-corrected chi connectivity index (χ0v) is 23.3. The summed E-state index contributed by atoms with van der Waals surface area (Å²) in [7, 11) is 1.31. The maximum atomic E-state index is 14.9. The van der Waals surface area contributed by atoms with Gasteiger partial charge in [-0.3, -0.25) is 9.59 Å². The third-order valence-electron chi connectivity index (χ3n) is 8.41. The number of methoxy groups -OCH3 is 1. The second-order valence-electron chi connectivity index (χ2n) is 11.6. The van der Waals surface area contributed by atoms with Gasteiger partial charge in [0.1, 0.15) is 11.3 Å². The summed E-state index contributed by atoms with van der Waals surface area (Å²) < 4.78 is 27.5. The Morgan fingerprint density at radius 2 is 1.85 bits per heavy atom. The Morgan fingerprint density at radius 3 is 2.49 bits per heavy atom. The van der Waals surface area contributed by atoms with Crippen LogP contribution in [0.3, 0.4) is 0 Å². The molecular formula is C29H33FN5O6-. The van der Waals surface area contributed by atoms with Gasteiger partial charge in [-0.25, -0.2) is 13.9 Å². The van der Waals surface area contributed by atoms with Gasteiger partial charge < -0.3 is 30.0 Å². The number of nitrogens with zero attached hydrogens (tertiary/aromatic N) is 3. The zero-order chi connectivity index (χ0) is 29.4. The number of amides is 2. The van der Waals surface area contributed by atoms with Crippen LogP contribution in [0.5, 0.6) is 11.5 Å². The van der Waals surface area contributed by atoms with Gasteiger partial charge in [0.2, 0.25) is 0 Å². The number of aliphatic carboxylic acids is 1. The summed E-state index contributed by atoms with van der Waals surface area (Å²) in [4.78, 5) is 42.5. The first-order chi connectivity index (χ1) is 19.5. The first-order valence-corrected chi connectivity index (χ1v) is 13.7. The summed E-state index contributed by atoms with van der Waals surface area (Å²) in [6.45, 7) is 4.23. The predicted octanol–water partition coefficient (Wildman–Crippen LogP) is 3.13. The van der Waals surface area contributed by atoms with E-state index in [4.69, 9.17) is 9.47 Å². The van der Waals surface area contributed by atoms with Crippen LogP contribution in [0.2, 0.25) is 0 Å². The molecule has 5 rings (SSSR count). The number of carboxylic acids is 1. The molecule has 2 fully saturated rings. The van der Waals surface area contributed by atoms with Gasteiger partial charge in [-0.2, -0.15) is 0 Å². The number of nitrogens with one attached hydrogen (secondary N) is 2. The summed E-state index contributed by atoms with van der Waals surface area (Å²) in [5.41, 5.74) is -0.564. The van der Waals surface area contributed by atoms with E-state index in [-0.39, 0.29) is 39.5 Å². The van der Waals surface area contributed by atoms with Crippen molar-refractivity contribution < 1.29 is 33.4 Å². The first-order valence-electron chi connectivity index (χ1n) is 13.7. The van der Waals surface area contributed by atoms with Crippen molar-refractivity contribution >= 4 is 29.2 Å². The van der Waals surface area contributed by atoms with Gasteiger partial charge in [0.15, 0.2) is 23.0 Å². The maximum absolute atomic E-state index is 14.9. The number of aromatic nitrogens is 3. The average Bonchev–Trinajstić information content (AvgIpc) is 3.30. The van der Waals surface area contributed by atoms with Crippen LogP contribution in [0.15, 0.2) is 30.6 Å². The fraction of sp³-hybridized carbons (Fsp3) is 0.483. The topological polar surface area (TPSA) is 147 Å². The third kappa shape index (κ3) is 5.68. The number of carboxylic acid groups (broad SMARTS) is 1. The van der Waals surface area contributed by atoms with Crippen molar-refractivity contribution in [3.05, 3.63) is 47.5 Å². The van der Waals surface area contributed by atoms with Crippen LogP contribution < -0.4 is 25.2 Å². The Labute approximate surface area is 236 Å². The lowest BCUT2D eigenvalue weighted by Gasteiger charge is -2.38. The number of carbonyl (C=O) groups is 3. The normalized spacial score (nSPS) is 21.5. The molecule has 11 nitrogen and oxygen atoms in total. The fourth-order valence-electron chi connectivity index (χ4n) is 5.40. The number of halogens is 1. The minimum Gasteiger partial charge on any atom is -0.550 e. The molecule has 0 radical (unpaired) electrons. The number of hydrogen-bond acceptors (Lipinski definition) is 8. The molecule has 0 saturated heterocycles. The monoisotopic (exact) mass is 566 g/mol. The highest BCUT2D eigenvalue weighted by Crippen LogP contribution is 2.40. The number of fused-ring (bicyclic) bond motifs is 1. The zero-order valence-electron chi connectivity index (χ0n) is 23.3. The van der Waals surface area contributed by atoms with Gasteiger partial charge in [0, 0.05) is 36.4 Å². The minimum atomic E-state index is -1.11. The molecule has 0 aliphatic heterocycles. The highest BCUT2D eigenvalue weighted by molar-refractivity contribution is 6.11. The predicted molar refractivity (Wildman–Crippen MR) is 144 cm³/mol. The molecule has 0 bridgehead atoms. The summed E-state index contributed by atoms with van der Waals surface area (Å²) in [6, 6.07) is 3.94. The van der Waals surface area contributed by atoms with Crippen LogP contribution in [-0.2, 0) is 4.79 Å². The second kappa shape index (κ2) is 11.0. The molecule has 0 atom stereocenters. The summed E-state index contributed by atoms with van der Waals surface area (Å²) >= 11 is 0. The molecule has 2 amide bonds. The van der Waals surface area contributed by atoms with E-state index in [1.54, 1.807) is 19.2 Å². The van der Waals surface area contributed by atoms with E-state index in [2.05, 4.69) is 27.6 Å². The molecule has 0 unspecified atom stereocenters. The maximum Gasteiger partial charge on any atom is 0.260 e. The quantitative estimate of drug-likeness (QED) is 0.402. The fourth-order valence-corrected chi connectivity index (χ4v) is 5.40. The van der Waals surface area contributed by atoms with Gasteiger partial charge in [-0.05, 0) is 56.1 Å². The van der Waals surface area contributed by atoms with E-state index in [1.165, 1.54) is 23.9 Å². The highest BCUT2D eigenvalue weighted by Gasteiger charge is 2.35. The molecule has 2 aromatic heterocycles. The van der Waals surface area contributed by atoms with Gasteiger partial charge in [0.05, 0.1) is 18.8 Å². The Balaban J connectivity index is 1.38. The Kier molecular flexibility index (Phi) is 7.58. The van der Waals surface area contributed by atoms with E-state index in [1.807, 2.05) is 0 Å². The molecule has 2 N–H and O–H groups in total. The largest absolute Gasteiger partial charge is 0.550 e. The van der Waals surface area contributed by atoms with Crippen LogP contribution in [0.25, 0.3) is 5.65 Å². The molecule has 12 heteroatoms. The number of ether oxygens (including phenoxy) is 2. The Hall–Kier alpha value is -4.22. The first kappa shape index (κ1) is 28.3. The summed E-state index contributed by atoms with van der Waals surface area (Å²) in [6.07, 6.45) is 7.32. The van der Waals surface area contributed by atoms with Gasteiger partial charge in [-0.1, -0.05) is 20.3 Å². The molecule has 218 valence electrons. The molecule has 0 spiro atoms. The molecule has 41 heavy (non-hydrogen) atoms. The standard InChI is InChI=1S/C29H34FN5O6/c1-28(8-4-9-28)16-32-26(37)22-23(34-35-13-5-12-31-24(22)35)33-25(36)18-14-21(19(30)15-20(18)40-3)41-17-6-10-29(2,11-7-17)27(38)39/h5,12-15,17H,4,6-11,16H2,1-3H3,(H,32,37)(H,38,39)(H,33,34,36)/p-1. The van der Waals surface area contributed by atoms with Crippen molar-refractivity contribution in [2.75, 3.05) is 19.0 Å². The lowest BCUT2D eigenvalue weighted by Crippen LogP contribution is -2.44. The van der Waals surface area contributed by atoms with E-state index >= 15 is 0 Å². The molecule has 2 saturated carbocycles. The van der Waals surface area contributed by atoms with Crippen molar-refractivity contribution in [1.29, 1.82) is 0 Å². The summed E-state index contributed by atoms with van der Waals surface area (Å²) in [5, 5.41) is 21.4. The smallest absolute Gasteiger partial charge is 0.260 e. The van der Waals surface area contributed by atoms with Crippen LogP contribution in [0, 0.1) is 16.6 Å². The average molecular weight is 567 g/mol. The van der Waals surface area contributed by atoms with E-state index in [9.17, 15) is 23.9 Å².